The fourth-order valence-corrected chi connectivity index (χ4v) is 3.66. The molecule has 0 radical (unpaired) electrons. The molecule has 2 amide bonds. The number of hydrogen-bond donors (Lipinski definition) is 1. The smallest absolute Gasteiger partial charge is 0.249 e. The molecule has 0 saturated heterocycles. The van der Waals surface area contributed by atoms with E-state index in [-0.39, 0.29) is 24.9 Å². The van der Waals surface area contributed by atoms with Crippen molar-refractivity contribution in [3.8, 4) is 5.75 Å². The predicted octanol–water partition coefficient (Wildman–Crippen LogP) is 4.17. The number of benzodiazepines with no additional fused rings is 1. The molecule has 0 aliphatic carbocycles. The number of nitrogens with zero attached hydrogens (tertiary/aromatic N) is 2. The van der Waals surface area contributed by atoms with E-state index in [2.05, 4.69) is 10.3 Å². The highest BCUT2D eigenvalue weighted by Gasteiger charge is 2.26. The van der Waals surface area contributed by atoms with E-state index in [1.165, 1.54) is 12.0 Å². The second-order valence-corrected chi connectivity index (χ2v) is 7.36. The summed E-state index contributed by atoms with van der Waals surface area (Å²) in [7, 11) is 1.51. The van der Waals surface area contributed by atoms with Gasteiger partial charge in [0.15, 0.2) is 0 Å². The Kier molecular flexibility index (Phi) is 6.00. The Hall–Kier alpha value is -3.64. The summed E-state index contributed by atoms with van der Waals surface area (Å²) in [6, 6.07) is 22.1. The van der Waals surface area contributed by atoms with Crippen LogP contribution in [0, 0.1) is 0 Å². The van der Waals surface area contributed by atoms with E-state index in [1.54, 1.807) is 18.2 Å². The van der Waals surface area contributed by atoms with Crippen molar-refractivity contribution in [2.24, 2.45) is 4.99 Å². The largest absolute Gasteiger partial charge is 0.495 e. The molecular formula is C24H20ClN3O3. The average molecular weight is 434 g/mol. The van der Waals surface area contributed by atoms with E-state index in [0.717, 1.165) is 16.8 Å². The molecule has 156 valence electrons. The molecule has 0 bridgehead atoms. The van der Waals surface area contributed by atoms with E-state index in [0.29, 0.717) is 22.1 Å². The molecule has 0 fully saturated rings. The standard InChI is InChI=1S/C24H20ClN3O3/c1-31-21-12-11-17(25)13-19(21)27-22(29)15-28-20-10-6-5-9-18(20)24(26-14-23(28)30)16-7-3-2-4-8-16/h2-13H,14-15H2,1H3,(H,27,29). The van der Waals surface area contributed by atoms with Crippen LogP contribution >= 0.6 is 11.6 Å². The molecule has 3 aromatic carbocycles. The second-order valence-electron chi connectivity index (χ2n) is 6.92. The zero-order chi connectivity index (χ0) is 21.8. The lowest BCUT2D eigenvalue weighted by molar-refractivity contribution is -0.120. The molecule has 3 aromatic rings. The van der Waals surface area contributed by atoms with Gasteiger partial charge in [-0.25, -0.2) is 0 Å². The number of para-hydroxylation sites is 1. The van der Waals surface area contributed by atoms with Gasteiger partial charge in [-0.2, -0.15) is 0 Å². The van der Waals surface area contributed by atoms with E-state index < -0.39 is 0 Å². The first-order valence-corrected chi connectivity index (χ1v) is 10.1. The number of halogens is 1. The Morgan fingerprint density at radius 2 is 1.84 bits per heavy atom. The van der Waals surface area contributed by atoms with Crippen molar-refractivity contribution in [1.82, 2.24) is 0 Å². The van der Waals surface area contributed by atoms with Gasteiger partial charge in [0.05, 0.1) is 24.2 Å². The van der Waals surface area contributed by atoms with Gasteiger partial charge < -0.3 is 15.0 Å². The van der Waals surface area contributed by atoms with Gasteiger partial charge >= 0.3 is 0 Å². The summed E-state index contributed by atoms with van der Waals surface area (Å²) in [6.45, 7) is -0.213. The Morgan fingerprint density at radius 1 is 1.10 bits per heavy atom. The van der Waals surface area contributed by atoms with Crippen molar-refractivity contribution in [2.75, 3.05) is 30.4 Å². The molecule has 1 heterocycles. The Bertz CT molecular complexity index is 1160. The topological polar surface area (TPSA) is 71.0 Å². The molecule has 0 atom stereocenters. The fraction of sp³-hybridized carbons (Fsp3) is 0.125. The monoisotopic (exact) mass is 433 g/mol. The lowest BCUT2D eigenvalue weighted by Gasteiger charge is -2.23. The zero-order valence-electron chi connectivity index (χ0n) is 16.8. The first-order valence-electron chi connectivity index (χ1n) is 9.70. The maximum Gasteiger partial charge on any atom is 0.249 e. The first-order chi connectivity index (χ1) is 15.1. The van der Waals surface area contributed by atoms with Gasteiger partial charge in [0.2, 0.25) is 11.8 Å². The third kappa shape index (κ3) is 4.44. The van der Waals surface area contributed by atoms with Gasteiger partial charge in [-0.15, -0.1) is 0 Å². The highest BCUT2D eigenvalue weighted by atomic mass is 35.5. The van der Waals surface area contributed by atoms with Gasteiger partial charge in [-0.3, -0.25) is 14.6 Å². The molecule has 0 spiro atoms. The highest BCUT2D eigenvalue weighted by molar-refractivity contribution is 6.31. The van der Waals surface area contributed by atoms with Crippen LogP contribution in [0.5, 0.6) is 5.75 Å². The summed E-state index contributed by atoms with van der Waals surface area (Å²) in [5.41, 5.74) is 3.52. The van der Waals surface area contributed by atoms with E-state index in [9.17, 15) is 9.59 Å². The van der Waals surface area contributed by atoms with Crippen molar-refractivity contribution in [3.05, 3.63) is 88.9 Å². The van der Waals surface area contributed by atoms with Crippen molar-refractivity contribution >= 4 is 40.5 Å². The zero-order valence-corrected chi connectivity index (χ0v) is 17.6. The minimum atomic E-state index is -0.369. The Balaban J connectivity index is 1.63. The normalized spacial score (nSPS) is 13.2. The lowest BCUT2D eigenvalue weighted by atomic mass is 10.0. The van der Waals surface area contributed by atoms with Crippen LogP contribution < -0.4 is 15.0 Å². The number of ether oxygens (including phenoxy) is 1. The third-order valence-corrected chi connectivity index (χ3v) is 5.14. The van der Waals surface area contributed by atoms with Gasteiger partial charge in [0.25, 0.3) is 0 Å². The van der Waals surface area contributed by atoms with E-state index >= 15 is 0 Å². The van der Waals surface area contributed by atoms with Gasteiger partial charge in [-0.1, -0.05) is 60.1 Å². The van der Waals surface area contributed by atoms with Gasteiger partial charge in [-0.05, 0) is 24.3 Å². The minimum absolute atomic E-state index is 0.0489. The molecule has 31 heavy (non-hydrogen) atoms. The Labute approximate surface area is 185 Å². The summed E-state index contributed by atoms with van der Waals surface area (Å²) < 4.78 is 5.28. The number of nitrogens with one attached hydrogen (secondary N) is 1. The van der Waals surface area contributed by atoms with E-state index in [1.807, 2.05) is 54.6 Å². The predicted molar refractivity (Wildman–Crippen MR) is 122 cm³/mol. The van der Waals surface area contributed by atoms with Crippen LogP contribution in [0.4, 0.5) is 11.4 Å². The molecule has 0 saturated carbocycles. The molecule has 4 rings (SSSR count). The number of anilines is 2. The fourth-order valence-electron chi connectivity index (χ4n) is 3.49. The maximum absolute atomic E-state index is 12.9. The number of fused-ring (bicyclic) bond motifs is 1. The molecule has 1 aliphatic rings. The summed E-state index contributed by atoms with van der Waals surface area (Å²) in [5, 5.41) is 3.25. The first kappa shape index (κ1) is 20.6. The number of benzene rings is 3. The quantitative estimate of drug-likeness (QED) is 0.656. The van der Waals surface area contributed by atoms with Crippen molar-refractivity contribution < 1.29 is 14.3 Å². The summed E-state index contributed by atoms with van der Waals surface area (Å²) in [5.74, 6) is -0.145. The van der Waals surface area contributed by atoms with Crippen molar-refractivity contribution in [3.63, 3.8) is 0 Å². The number of aliphatic imine (C=N–C) groups is 1. The molecule has 7 heteroatoms. The molecule has 6 nitrogen and oxygen atoms in total. The summed E-state index contributed by atoms with van der Waals surface area (Å²) in [4.78, 5) is 31.8. The minimum Gasteiger partial charge on any atom is -0.495 e. The van der Waals surface area contributed by atoms with Crippen LogP contribution in [-0.2, 0) is 9.59 Å². The van der Waals surface area contributed by atoms with Crippen LogP contribution in [0.25, 0.3) is 0 Å². The van der Waals surface area contributed by atoms with Crippen LogP contribution in [0.15, 0.2) is 77.8 Å². The highest BCUT2D eigenvalue weighted by Crippen LogP contribution is 2.29. The molecule has 1 aliphatic heterocycles. The van der Waals surface area contributed by atoms with Crippen LogP contribution in [0.3, 0.4) is 0 Å². The molecular weight excluding hydrogens is 414 g/mol. The molecule has 1 N–H and O–H groups in total. The van der Waals surface area contributed by atoms with Gasteiger partial charge in [0, 0.05) is 16.1 Å². The number of amides is 2. The van der Waals surface area contributed by atoms with Gasteiger partial charge in [0.1, 0.15) is 18.8 Å². The number of methoxy groups -OCH3 is 1. The number of hydrogen-bond acceptors (Lipinski definition) is 4. The van der Waals surface area contributed by atoms with Crippen LogP contribution in [0.1, 0.15) is 11.1 Å². The SMILES string of the molecule is COc1ccc(Cl)cc1NC(=O)CN1C(=O)CN=C(c2ccccc2)c2ccccc21. The maximum atomic E-state index is 12.9. The number of rotatable bonds is 5. The molecule has 0 aromatic heterocycles. The third-order valence-electron chi connectivity index (χ3n) is 4.91. The average Bonchev–Trinajstić information content (AvgIpc) is 2.91. The summed E-state index contributed by atoms with van der Waals surface area (Å²) in [6.07, 6.45) is 0. The van der Waals surface area contributed by atoms with Crippen LogP contribution in [-0.4, -0.2) is 37.7 Å². The van der Waals surface area contributed by atoms with Crippen molar-refractivity contribution in [2.45, 2.75) is 0 Å². The summed E-state index contributed by atoms with van der Waals surface area (Å²) >= 11 is 6.05. The lowest BCUT2D eigenvalue weighted by Crippen LogP contribution is -2.39. The molecule has 0 unspecified atom stereocenters. The Morgan fingerprint density at radius 3 is 2.61 bits per heavy atom. The van der Waals surface area contributed by atoms with Crippen LogP contribution in [0.2, 0.25) is 5.02 Å². The second kappa shape index (κ2) is 9.02. The number of carbonyl (C=O) groups excluding carboxylic acids is 2. The van der Waals surface area contributed by atoms with Crippen molar-refractivity contribution in [1.29, 1.82) is 0 Å². The number of carbonyl (C=O) groups is 2. The van der Waals surface area contributed by atoms with E-state index in [4.69, 9.17) is 16.3 Å².